The zero-order valence-electron chi connectivity index (χ0n) is 9.72. The van der Waals surface area contributed by atoms with Crippen LogP contribution >= 0.6 is 20.7 Å². The molecule has 16 heavy (non-hydrogen) atoms. The monoisotopic (exact) mass is 338 g/mol. The van der Waals surface area contributed by atoms with Gasteiger partial charge in [0.05, 0.1) is 0 Å². The molecule has 0 aromatic rings. The van der Waals surface area contributed by atoms with E-state index in [0.29, 0.717) is 17.4 Å². The second-order valence-corrected chi connectivity index (χ2v) is 6.50. The molecule has 0 fully saturated rings. The molecule has 0 saturated carbocycles. The van der Waals surface area contributed by atoms with Crippen molar-refractivity contribution in [2.24, 2.45) is 11.8 Å². The van der Waals surface area contributed by atoms with E-state index in [2.05, 4.69) is 24.4 Å². The van der Waals surface area contributed by atoms with Crippen molar-refractivity contribution in [2.45, 2.75) is 31.2 Å². The molecular formula is C12H16FIO2. The largest absolute Gasteiger partial charge is 0.456 e. The Morgan fingerprint density at radius 3 is 2.81 bits per heavy atom. The van der Waals surface area contributed by atoms with Gasteiger partial charge in [-0.1, -0.05) is 31.4 Å². The maximum Gasteiger partial charge on any atom is 0.456 e. The fraction of sp³-hybridized carbons (Fsp3) is 0.583. The van der Waals surface area contributed by atoms with Crippen LogP contribution in [0.4, 0.5) is 4.39 Å². The molecule has 1 aliphatic carbocycles. The number of alkyl halides is 2. The molecule has 4 heteroatoms. The molecule has 0 saturated heterocycles. The molecule has 1 aliphatic heterocycles. The van der Waals surface area contributed by atoms with E-state index in [1.54, 1.807) is 0 Å². The molecule has 0 N–H and O–H groups in total. The Balaban J connectivity index is 2.35. The van der Waals surface area contributed by atoms with E-state index in [4.69, 9.17) is 9.47 Å². The third-order valence-corrected chi connectivity index (χ3v) is 4.21. The first-order valence-corrected chi connectivity index (χ1v) is 7.98. The van der Waals surface area contributed by atoms with Gasteiger partial charge in [0.2, 0.25) is 0 Å². The number of allylic oxidation sites excluding steroid dienone is 3. The Morgan fingerprint density at radius 2 is 2.25 bits per heavy atom. The van der Waals surface area contributed by atoms with E-state index in [1.165, 1.54) is 0 Å². The number of ether oxygens (including phenoxy) is 2. The summed E-state index contributed by atoms with van der Waals surface area (Å²) in [5.41, 5.74) is 1.06. The highest BCUT2D eigenvalue weighted by atomic mass is 127. The van der Waals surface area contributed by atoms with Gasteiger partial charge in [-0.2, -0.15) is 0 Å². The van der Waals surface area contributed by atoms with Crippen LogP contribution in [-0.2, 0) is 9.47 Å². The minimum atomic E-state index is -1.95. The van der Waals surface area contributed by atoms with E-state index in [-0.39, 0.29) is 5.92 Å². The summed E-state index contributed by atoms with van der Waals surface area (Å²) < 4.78 is 26.4. The van der Waals surface area contributed by atoms with Crippen molar-refractivity contribution >= 4 is 25.2 Å². The van der Waals surface area contributed by atoms with Crippen LogP contribution in [0.15, 0.2) is 23.2 Å². The summed E-state index contributed by atoms with van der Waals surface area (Å²) in [4.78, 5) is 0. The molecule has 2 atom stereocenters. The summed E-state index contributed by atoms with van der Waals surface area (Å²) in [5, 5.41) is 0. The lowest BCUT2D eigenvalue weighted by atomic mass is 9.89. The summed E-state index contributed by atoms with van der Waals surface area (Å²) in [7, 11) is 0. The molecule has 2 aliphatic rings. The minimum Gasteiger partial charge on any atom is -0.419 e. The van der Waals surface area contributed by atoms with Crippen LogP contribution in [-0.4, -0.2) is 8.56 Å². The summed E-state index contributed by atoms with van der Waals surface area (Å²) in [5.74, 6) is 1.83. The van der Waals surface area contributed by atoms with Crippen molar-refractivity contribution < 1.29 is 13.9 Å². The summed E-state index contributed by atoms with van der Waals surface area (Å²) >= 11 is -1.01. The standard InChI is InChI=1S/C12H16FIO2/c1-7(2)9-6-5-8(3)10-11(9)16-12(13,14-4)15-10/h6-8H,4-5H2,1-3H3. The van der Waals surface area contributed by atoms with Gasteiger partial charge in [-0.3, -0.25) is 0 Å². The number of hydrogen-bond acceptors (Lipinski definition) is 2. The molecule has 2 unspecified atom stereocenters. The van der Waals surface area contributed by atoms with E-state index in [0.717, 1.165) is 12.0 Å². The normalized spacial score (nSPS) is 33.3. The summed E-state index contributed by atoms with van der Waals surface area (Å²) in [6.07, 6.45) is 3.02. The molecule has 90 valence electrons. The minimum absolute atomic E-state index is 0.200. The van der Waals surface area contributed by atoms with Gasteiger partial charge in [0.25, 0.3) is 0 Å². The highest BCUT2D eigenvalue weighted by molar-refractivity contribution is 14.2. The van der Waals surface area contributed by atoms with Gasteiger partial charge in [-0.25, -0.2) is 0 Å². The van der Waals surface area contributed by atoms with Gasteiger partial charge >= 0.3 is 4.05 Å². The van der Waals surface area contributed by atoms with Crippen LogP contribution in [0.2, 0.25) is 0 Å². The van der Waals surface area contributed by atoms with Crippen molar-refractivity contribution in [3.63, 3.8) is 0 Å². The van der Waals surface area contributed by atoms with Crippen molar-refractivity contribution in [2.75, 3.05) is 0 Å². The number of hydrogen-bond donors (Lipinski definition) is 0. The highest BCUT2D eigenvalue weighted by Crippen LogP contribution is 2.48. The van der Waals surface area contributed by atoms with Crippen LogP contribution in [0.25, 0.3) is 0 Å². The fourth-order valence-corrected chi connectivity index (χ4v) is 2.71. The molecule has 0 aromatic heterocycles. The Morgan fingerprint density at radius 1 is 1.56 bits per heavy atom. The number of rotatable bonds is 2. The predicted molar refractivity (Wildman–Crippen MR) is 70.9 cm³/mol. The van der Waals surface area contributed by atoms with Crippen molar-refractivity contribution in [3.05, 3.63) is 23.2 Å². The van der Waals surface area contributed by atoms with Gasteiger partial charge in [0.1, 0.15) is 0 Å². The second-order valence-electron chi connectivity index (χ2n) is 4.45. The third-order valence-electron chi connectivity index (χ3n) is 2.86. The van der Waals surface area contributed by atoms with Crippen LogP contribution in [0.1, 0.15) is 27.2 Å². The average molecular weight is 338 g/mol. The Labute approximate surface area is 105 Å². The Bertz CT molecular complexity index is 386. The van der Waals surface area contributed by atoms with Gasteiger partial charge in [-0.05, 0) is 17.9 Å². The van der Waals surface area contributed by atoms with Crippen molar-refractivity contribution in [1.29, 1.82) is 0 Å². The maximum atomic E-state index is 14.0. The molecule has 0 amide bonds. The smallest absolute Gasteiger partial charge is 0.419 e. The van der Waals surface area contributed by atoms with Gasteiger partial charge in [0.15, 0.2) is 11.5 Å². The lowest BCUT2D eigenvalue weighted by molar-refractivity contribution is -0.155. The van der Waals surface area contributed by atoms with Crippen LogP contribution in [0, 0.1) is 11.8 Å². The Kier molecular flexibility index (Phi) is 3.11. The van der Waals surface area contributed by atoms with Gasteiger partial charge in [0, 0.05) is 26.6 Å². The Hall–Kier alpha value is -0.390. The van der Waals surface area contributed by atoms with E-state index in [9.17, 15) is 4.39 Å². The van der Waals surface area contributed by atoms with E-state index < -0.39 is 24.8 Å². The molecule has 2 rings (SSSR count). The average Bonchev–Trinajstić information content (AvgIpc) is 2.58. The predicted octanol–water partition coefficient (Wildman–Crippen LogP) is 3.85. The van der Waals surface area contributed by atoms with Crippen LogP contribution < -0.4 is 0 Å². The molecule has 1 heterocycles. The van der Waals surface area contributed by atoms with Crippen LogP contribution in [0.5, 0.6) is 0 Å². The quantitative estimate of drug-likeness (QED) is 0.562. The van der Waals surface area contributed by atoms with Crippen LogP contribution in [0.3, 0.4) is 0 Å². The molecule has 0 bridgehead atoms. The first-order chi connectivity index (χ1) is 7.47. The SMILES string of the molecule is C=IC1(F)OC2=C(O1)C(C)CC=C2C(C)C. The maximum absolute atomic E-state index is 14.0. The molecule has 0 spiro atoms. The third kappa shape index (κ3) is 1.92. The van der Waals surface area contributed by atoms with E-state index in [1.807, 2.05) is 6.92 Å². The first kappa shape index (κ1) is 12.1. The highest BCUT2D eigenvalue weighted by Gasteiger charge is 2.45. The van der Waals surface area contributed by atoms with Crippen molar-refractivity contribution in [3.8, 4) is 0 Å². The molecule has 2 nitrogen and oxygen atoms in total. The molecule has 0 radical (unpaired) electrons. The first-order valence-electron chi connectivity index (χ1n) is 5.38. The molecular weight excluding hydrogens is 322 g/mol. The summed E-state index contributed by atoms with van der Waals surface area (Å²) in [6, 6.07) is 0. The topological polar surface area (TPSA) is 18.5 Å². The lowest BCUT2D eigenvalue weighted by Crippen LogP contribution is -2.16. The zero-order valence-corrected chi connectivity index (χ0v) is 11.9. The lowest BCUT2D eigenvalue weighted by Gasteiger charge is -2.19. The molecule has 0 aromatic carbocycles. The number of halogens is 2. The van der Waals surface area contributed by atoms with E-state index >= 15 is 0 Å². The zero-order chi connectivity index (χ0) is 11.9. The fourth-order valence-electron chi connectivity index (χ4n) is 1.95. The summed E-state index contributed by atoms with van der Waals surface area (Å²) in [6.45, 7) is 6.18. The van der Waals surface area contributed by atoms with Crippen molar-refractivity contribution in [1.82, 2.24) is 0 Å². The second kappa shape index (κ2) is 4.13. The van der Waals surface area contributed by atoms with Gasteiger partial charge in [-0.15, -0.1) is 4.39 Å². The van der Waals surface area contributed by atoms with Gasteiger partial charge < -0.3 is 9.47 Å².